The number of rotatable bonds is 4. The van der Waals surface area contributed by atoms with Crippen LogP contribution in [0.15, 0.2) is 179 Å². The summed E-state index contributed by atoms with van der Waals surface area (Å²) < 4.78 is 13.1. The lowest BCUT2D eigenvalue weighted by atomic mass is 10.0. The maximum atomic E-state index is 6.54. The summed E-state index contributed by atoms with van der Waals surface area (Å²) in [7, 11) is 0. The van der Waals surface area contributed by atoms with Crippen molar-refractivity contribution in [1.29, 1.82) is 0 Å². The van der Waals surface area contributed by atoms with Crippen LogP contribution in [-0.4, -0.2) is 4.98 Å². The van der Waals surface area contributed by atoms with E-state index in [2.05, 4.69) is 168 Å². The maximum absolute atomic E-state index is 6.54. The average molecular weight is 653 g/mol. The van der Waals surface area contributed by atoms with Crippen molar-refractivity contribution in [2.24, 2.45) is 0 Å². The molecule has 0 fully saturated rings. The molecule has 3 heterocycles. The predicted molar refractivity (Wildman–Crippen MR) is 211 cm³/mol. The van der Waals surface area contributed by atoms with Crippen molar-refractivity contribution in [1.82, 2.24) is 4.98 Å². The molecule has 0 amide bonds. The Morgan fingerprint density at radius 2 is 0.902 bits per heavy atom. The van der Waals surface area contributed by atoms with Crippen LogP contribution in [0.2, 0.25) is 0 Å². The van der Waals surface area contributed by atoms with Gasteiger partial charge in [0.25, 0.3) is 0 Å². The van der Waals surface area contributed by atoms with Crippen molar-refractivity contribution in [3.8, 4) is 11.1 Å². The molecule has 0 bridgehead atoms. The first-order valence-electron chi connectivity index (χ1n) is 17.2. The third-order valence-electron chi connectivity index (χ3n) is 10.3. The molecule has 11 rings (SSSR count). The lowest BCUT2D eigenvalue weighted by Crippen LogP contribution is -2.09. The fourth-order valence-electron chi connectivity index (χ4n) is 7.84. The van der Waals surface area contributed by atoms with E-state index in [1.54, 1.807) is 0 Å². The van der Waals surface area contributed by atoms with E-state index in [-0.39, 0.29) is 0 Å². The second-order valence-electron chi connectivity index (χ2n) is 13.2. The number of hydrogen-bond acceptors (Lipinski definition) is 4. The molecule has 11 aromatic rings. The number of hydrogen-bond donors (Lipinski definition) is 0. The minimum Gasteiger partial charge on any atom is -0.456 e. The molecule has 0 saturated carbocycles. The molecule has 0 spiro atoms. The van der Waals surface area contributed by atoms with E-state index in [4.69, 9.17) is 8.83 Å². The third-order valence-corrected chi connectivity index (χ3v) is 10.3. The van der Waals surface area contributed by atoms with E-state index >= 15 is 0 Å². The van der Waals surface area contributed by atoms with Crippen molar-refractivity contribution in [2.45, 2.75) is 0 Å². The Balaban J connectivity index is 1.09. The van der Waals surface area contributed by atoms with Crippen molar-refractivity contribution < 1.29 is 8.83 Å². The Morgan fingerprint density at radius 3 is 1.53 bits per heavy atom. The topological polar surface area (TPSA) is 42.4 Å². The minimum atomic E-state index is 0.848. The quantitative estimate of drug-likeness (QED) is 0.190. The summed E-state index contributed by atoms with van der Waals surface area (Å²) in [6.07, 6.45) is 1.84. The Kier molecular flexibility index (Phi) is 5.92. The highest BCUT2D eigenvalue weighted by Gasteiger charge is 2.19. The first-order chi connectivity index (χ1) is 25.2. The van der Waals surface area contributed by atoms with Gasteiger partial charge in [-0.2, -0.15) is 0 Å². The van der Waals surface area contributed by atoms with Crippen LogP contribution in [0.4, 0.5) is 17.1 Å². The van der Waals surface area contributed by atoms with Crippen LogP contribution in [0.25, 0.3) is 87.5 Å². The Hall–Kier alpha value is -6.91. The molecule has 8 aromatic carbocycles. The molecule has 0 aliphatic carbocycles. The Bertz CT molecular complexity index is 3000. The number of nitrogens with zero attached hydrogens (tertiary/aromatic N) is 2. The molecular formula is C47H28N2O2. The zero-order chi connectivity index (χ0) is 33.5. The van der Waals surface area contributed by atoms with Crippen LogP contribution in [0.1, 0.15) is 0 Å². The van der Waals surface area contributed by atoms with Gasteiger partial charge in [-0.3, -0.25) is 4.98 Å². The average Bonchev–Trinajstić information content (AvgIpc) is 3.76. The Morgan fingerprint density at radius 1 is 0.373 bits per heavy atom. The van der Waals surface area contributed by atoms with Crippen LogP contribution >= 0.6 is 0 Å². The van der Waals surface area contributed by atoms with Gasteiger partial charge in [0.15, 0.2) is 0 Å². The highest BCUT2D eigenvalue weighted by atomic mass is 16.3. The number of furan rings is 2. The standard InChI is InChI=1S/C47H28N2O2/c1-3-9-37-30(6-1)15-23-42-46(37)39-21-19-35(27-44(39)50-42)49(34-17-13-29(14-18-34)33-12-11-32-8-5-25-48-41(32)26-33)36-20-22-40-45(28-36)51-43-24-16-31-7-2-4-10-38(31)47(40)43/h1-28H. The first kappa shape index (κ1) is 28.0. The lowest BCUT2D eigenvalue weighted by Gasteiger charge is -2.25. The van der Waals surface area contributed by atoms with Crippen LogP contribution in [-0.2, 0) is 0 Å². The summed E-state index contributed by atoms with van der Waals surface area (Å²) in [4.78, 5) is 6.86. The molecule has 0 N–H and O–H groups in total. The monoisotopic (exact) mass is 652 g/mol. The smallest absolute Gasteiger partial charge is 0.137 e. The van der Waals surface area contributed by atoms with Gasteiger partial charge in [0, 0.05) is 62.3 Å². The largest absolute Gasteiger partial charge is 0.456 e. The molecule has 0 aliphatic rings. The zero-order valence-corrected chi connectivity index (χ0v) is 27.4. The second kappa shape index (κ2) is 10.8. The number of fused-ring (bicyclic) bond motifs is 11. The van der Waals surface area contributed by atoms with Crippen molar-refractivity contribution in [3.05, 3.63) is 170 Å². The number of aromatic nitrogens is 1. The van der Waals surface area contributed by atoms with E-state index in [9.17, 15) is 0 Å². The minimum absolute atomic E-state index is 0.848. The van der Waals surface area contributed by atoms with E-state index in [0.29, 0.717) is 0 Å². The highest BCUT2D eigenvalue weighted by molar-refractivity contribution is 6.20. The molecule has 0 atom stereocenters. The second-order valence-corrected chi connectivity index (χ2v) is 13.2. The number of benzene rings is 8. The van der Waals surface area contributed by atoms with E-state index in [1.807, 2.05) is 12.3 Å². The summed E-state index contributed by atoms with van der Waals surface area (Å²) in [5.41, 5.74) is 9.73. The van der Waals surface area contributed by atoms with Crippen LogP contribution in [0, 0.1) is 0 Å². The van der Waals surface area contributed by atoms with Gasteiger partial charge in [0.1, 0.15) is 22.3 Å². The van der Waals surface area contributed by atoms with Crippen molar-refractivity contribution in [3.63, 3.8) is 0 Å². The fraction of sp³-hybridized carbons (Fsp3) is 0. The number of anilines is 3. The summed E-state index contributed by atoms with van der Waals surface area (Å²) in [5, 5.41) is 10.4. The van der Waals surface area contributed by atoms with Crippen LogP contribution in [0.5, 0.6) is 0 Å². The zero-order valence-electron chi connectivity index (χ0n) is 27.4. The molecule has 0 saturated heterocycles. The Labute approximate surface area is 292 Å². The lowest BCUT2D eigenvalue weighted by molar-refractivity contribution is 0.669. The first-order valence-corrected chi connectivity index (χ1v) is 17.2. The van der Waals surface area contributed by atoms with Gasteiger partial charge >= 0.3 is 0 Å². The van der Waals surface area contributed by atoms with Crippen LogP contribution < -0.4 is 4.90 Å². The van der Waals surface area contributed by atoms with Gasteiger partial charge in [0.2, 0.25) is 0 Å². The van der Waals surface area contributed by atoms with Gasteiger partial charge in [-0.25, -0.2) is 0 Å². The van der Waals surface area contributed by atoms with Gasteiger partial charge in [-0.05, 0) is 93.3 Å². The highest BCUT2D eigenvalue weighted by Crippen LogP contribution is 2.43. The molecular weight excluding hydrogens is 625 g/mol. The van der Waals surface area contributed by atoms with E-state index < -0.39 is 0 Å². The number of pyridine rings is 1. The summed E-state index contributed by atoms with van der Waals surface area (Å²) in [6, 6.07) is 57.7. The van der Waals surface area contributed by atoms with E-state index in [1.165, 1.54) is 21.5 Å². The van der Waals surface area contributed by atoms with E-state index in [0.717, 1.165) is 83.0 Å². The SMILES string of the molecule is c1cnc2cc(-c3ccc(N(c4ccc5c(c4)oc4ccc6ccccc6c45)c4ccc5c(c4)oc4ccc6ccccc6c45)cc3)ccc2c1. The van der Waals surface area contributed by atoms with Gasteiger partial charge < -0.3 is 13.7 Å². The molecule has 0 radical (unpaired) electrons. The maximum Gasteiger partial charge on any atom is 0.137 e. The van der Waals surface area contributed by atoms with Crippen molar-refractivity contribution >= 4 is 93.4 Å². The summed E-state index contributed by atoms with van der Waals surface area (Å²) in [5.74, 6) is 0. The van der Waals surface area contributed by atoms with Crippen LogP contribution in [0.3, 0.4) is 0 Å². The molecule has 51 heavy (non-hydrogen) atoms. The van der Waals surface area contributed by atoms with Gasteiger partial charge in [0.05, 0.1) is 5.52 Å². The fourth-order valence-corrected chi connectivity index (χ4v) is 7.84. The molecule has 238 valence electrons. The molecule has 0 unspecified atom stereocenters. The third kappa shape index (κ3) is 4.37. The molecule has 4 nitrogen and oxygen atoms in total. The molecule has 0 aliphatic heterocycles. The normalized spacial score (nSPS) is 11.9. The molecule has 3 aromatic heterocycles. The van der Waals surface area contributed by atoms with Gasteiger partial charge in [-0.1, -0.05) is 91.0 Å². The predicted octanol–water partition coefficient (Wildman–Crippen LogP) is 13.5. The van der Waals surface area contributed by atoms with Gasteiger partial charge in [-0.15, -0.1) is 0 Å². The molecule has 4 heteroatoms. The summed E-state index contributed by atoms with van der Waals surface area (Å²) >= 11 is 0. The summed E-state index contributed by atoms with van der Waals surface area (Å²) in [6.45, 7) is 0. The van der Waals surface area contributed by atoms with Crippen molar-refractivity contribution in [2.75, 3.05) is 4.90 Å².